The number of thioether (sulfide) groups is 1. The molecule has 2 amide bonds. The Bertz CT molecular complexity index is 1010. The van der Waals surface area contributed by atoms with Crippen LogP contribution in [0.4, 0.5) is 5.69 Å². The number of aliphatic carboxylic acids is 1. The third-order valence-corrected chi connectivity index (χ3v) is 9.86. The zero-order chi connectivity index (χ0) is 24.8. The van der Waals surface area contributed by atoms with Crippen LogP contribution in [0.25, 0.3) is 0 Å². The van der Waals surface area contributed by atoms with Gasteiger partial charge < -0.3 is 20.0 Å². The predicted molar refractivity (Wildman–Crippen MR) is 133 cm³/mol. The molecule has 184 valence electrons. The first-order valence-corrected chi connectivity index (χ1v) is 12.8. The molecule has 4 rings (SSSR count). The molecule has 7 nitrogen and oxygen atoms in total. The lowest BCUT2D eigenvalue weighted by Crippen LogP contribution is -2.55. The average Bonchev–Trinajstić information content (AvgIpc) is 3.34. The van der Waals surface area contributed by atoms with E-state index in [2.05, 4.69) is 6.58 Å². The second kappa shape index (κ2) is 9.04. The Kier molecular flexibility index (Phi) is 6.59. The van der Waals surface area contributed by atoms with Gasteiger partial charge in [-0.25, -0.2) is 0 Å². The first kappa shape index (κ1) is 24.8. The summed E-state index contributed by atoms with van der Waals surface area (Å²) in [5.74, 6) is -2.92. The Labute approximate surface area is 205 Å². The SMILES string of the molecule is C=CCN(C(=O)C1N(CCCCO)C(=O)[C@@H]2[C@@H](C(=O)O)[C@@]3(C)CCC12S3)c1c(C)cccc1C. The number of hydrogen-bond donors (Lipinski definition) is 2. The third-order valence-electron chi connectivity index (χ3n) is 7.87. The zero-order valence-electron chi connectivity index (χ0n) is 20.1. The van der Waals surface area contributed by atoms with Gasteiger partial charge in [0, 0.05) is 30.1 Å². The van der Waals surface area contributed by atoms with Crippen molar-refractivity contribution in [3.63, 3.8) is 0 Å². The lowest BCUT2D eigenvalue weighted by Gasteiger charge is -2.38. The Morgan fingerprint density at radius 3 is 2.53 bits per heavy atom. The molecule has 1 spiro atoms. The molecular weight excluding hydrogens is 452 g/mol. The van der Waals surface area contributed by atoms with E-state index in [0.29, 0.717) is 38.8 Å². The van der Waals surface area contributed by atoms with Crippen molar-refractivity contribution in [3.05, 3.63) is 42.0 Å². The van der Waals surface area contributed by atoms with E-state index in [1.54, 1.807) is 27.6 Å². The molecule has 3 saturated heterocycles. The summed E-state index contributed by atoms with van der Waals surface area (Å²) in [6, 6.07) is 5.12. The second-order valence-corrected chi connectivity index (χ2v) is 11.9. The highest BCUT2D eigenvalue weighted by molar-refractivity contribution is 8.02. The summed E-state index contributed by atoms with van der Waals surface area (Å²) in [5, 5.41) is 19.4. The molecule has 2 bridgehead atoms. The number of carbonyl (C=O) groups excluding carboxylic acids is 2. The van der Waals surface area contributed by atoms with Crippen molar-refractivity contribution in [2.24, 2.45) is 11.8 Å². The van der Waals surface area contributed by atoms with Crippen molar-refractivity contribution in [2.45, 2.75) is 62.0 Å². The van der Waals surface area contributed by atoms with Crippen LogP contribution in [-0.2, 0) is 14.4 Å². The van der Waals surface area contributed by atoms with Gasteiger partial charge >= 0.3 is 5.97 Å². The number of likely N-dealkylation sites (tertiary alicyclic amines) is 1. The molecule has 1 aromatic rings. The van der Waals surface area contributed by atoms with Crippen LogP contribution < -0.4 is 4.90 Å². The minimum atomic E-state index is -0.962. The maximum atomic E-state index is 14.4. The summed E-state index contributed by atoms with van der Waals surface area (Å²) in [6.45, 7) is 10.3. The van der Waals surface area contributed by atoms with E-state index in [4.69, 9.17) is 0 Å². The monoisotopic (exact) mass is 486 g/mol. The fraction of sp³-hybridized carbons (Fsp3) is 0.577. The highest BCUT2D eigenvalue weighted by atomic mass is 32.2. The number of aliphatic hydroxyl groups is 1. The minimum Gasteiger partial charge on any atom is -0.481 e. The standard InChI is InChI=1S/C26H34N2O5S/c1-5-13-27(20-16(2)9-8-10-17(20)3)23(31)21-26-12-11-25(4,34-26)19(24(32)33)18(26)22(30)28(21)14-6-7-15-29/h5,8-10,18-19,21,29H,1,6-7,11-15H2,2-4H3,(H,32,33)/t18-,19-,21?,25+,26?/m0/s1. The van der Waals surface area contributed by atoms with Gasteiger partial charge in [0.05, 0.1) is 16.6 Å². The highest BCUT2D eigenvalue weighted by Crippen LogP contribution is 2.71. The molecule has 3 heterocycles. The number of benzene rings is 1. The smallest absolute Gasteiger partial charge is 0.308 e. The van der Waals surface area contributed by atoms with Crippen LogP contribution in [0.5, 0.6) is 0 Å². The number of amides is 2. The van der Waals surface area contributed by atoms with Gasteiger partial charge in [0.25, 0.3) is 5.91 Å². The largest absolute Gasteiger partial charge is 0.481 e. The fourth-order valence-electron chi connectivity index (χ4n) is 6.52. The fourth-order valence-corrected chi connectivity index (χ4v) is 8.86. The van der Waals surface area contributed by atoms with Gasteiger partial charge in [0.2, 0.25) is 5.91 Å². The van der Waals surface area contributed by atoms with Crippen molar-refractivity contribution in [2.75, 3.05) is 24.6 Å². The number of anilines is 1. The normalized spacial score (nSPS) is 31.6. The van der Waals surface area contributed by atoms with E-state index < -0.39 is 33.3 Å². The van der Waals surface area contributed by atoms with Gasteiger partial charge in [0.15, 0.2) is 0 Å². The van der Waals surface area contributed by atoms with Crippen LogP contribution in [-0.4, -0.2) is 68.1 Å². The van der Waals surface area contributed by atoms with Crippen LogP contribution in [0.2, 0.25) is 0 Å². The number of carbonyl (C=O) groups is 3. The molecule has 3 aliphatic heterocycles. The molecule has 8 heteroatoms. The number of aliphatic hydroxyl groups excluding tert-OH is 1. The number of rotatable bonds is 9. The Hall–Kier alpha value is -2.32. The first-order chi connectivity index (χ1) is 16.1. The maximum absolute atomic E-state index is 14.4. The molecule has 0 radical (unpaired) electrons. The Morgan fingerprint density at radius 2 is 1.94 bits per heavy atom. The zero-order valence-corrected chi connectivity index (χ0v) is 20.9. The van der Waals surface area contributed by atoms with Crippen molar-refractivity contribution in [1.29, 1.82) is 0 Å². The van der Waals surface area contributed by atoms with Crippen LogP contribution in [0.3, 0.4) is 0 Å². The number of nitrogens with zero attached hydrogens (tertiary/aromatic N) is 2. The predicted octanol–water partition coefficient (Wildman–Crippen LogP) is 3.16. The molecule has 0 saturated carbocycles. The van der Waals surface area contributed by atoms with E-state index in [0.717, 1.165) is 16.8 Å². The van der Waals surface area contributed by atoms with E-state index in [9.17, 15) is 24.6 Å². The van der Waals surface area contributed by atoms with Crippen molar-refractivity contribution >= 4 is 35.2 Å². The summed E-state index contributed by atoms with van der Waals surface area (Å²) < 4.78 is -1.33. The number of hydrogen-bond acceptors (Lipinski definition) is 5. The summed E-state index contributed by atoms with van der Waals surface area (Å²) in [4.78, 5) is 43.9. The van der Waals surface area contributed by atoms with Gasteiger partial charge in [-0.1, -0.05) is 24.3 Å². The Morgan fingerprint density at radius 1 is 1.26 bits per heavy atom. The highest BCUT2D eigenvalue weighted by Gasteiger charge is 2.77. The van der Waals surface area contributed by atoms with E-state index >= 15 is 0 Å². The summed E-state index contributed by atoms with van der Waals surface area (Å²) in [5.41, 5.74) is 2.73. The number of carboxylic acids is 1. The van der Waals surface area contributed by atoms with Gasteiger partial charge in [0.1, 0.15) is 6.04 Å². The summed E-state index contributed by atoms with van der Waals surface area (Å²) in [6.07, 6.45) is 4.06. The van der Waals surface area contributed by atoms with Crippen molar-refractivity contribution < 1.29 is 24.6 Å². The molecular formula is C26H34N2O5S. The van der Waals surface area contributed by atoms with Crippen LogP contribution in [0.1, 0.15) is 43.7 Å². The first-order valence-electron chi connectivity index (χ1n) is 12.0. The van der Waals surface area contributed by atoms with Crippen molar-refractivity contribution in [1.82, 2.24) is 4.90 Å². The minimum absolute atomic E-state index is 0.00474. The van der Waals surface area contributed by atoms with Gasteiger partial charge in [-0.3, -0.25) is 14.4 Å². The number of unbranched alkanes of at least 4 members (excludes halogenated alkanes) is 1. The molecule has 34 heavy (non-hydrogen) atoms. The van der Waals surface area contributed by atoms with E-state index in [1.807, 2.05) is 39.0 Å². The number of carboxylic acid groups (broad SMARTS) is 1. The lowest BCUT2D eigenvalue weighted by molar-refractivity contribution is -0.150. The van der Waals surface area contributed by atoms with E-state index in [1.165, 1.54) is 0 Å². The molecule has 5 atom stereocenters. The second-order valence-electron chi connectivity index (χ2n) is 10.0. The summed E-state index contributed by atoms with van der Waals surface area (Å²) in [7, 11) is 0. The van der Waals surface area contributed by atoms with Crippen LogP contribution >= 0.6 is 11.8 Å². The summed E-state index contributed by atoms with van der Waals surface area (Å²) >= 11 is 1.54. The molecule has 3 fully saturated rings. The number of para-hydroxylation sites is 1. The number of fused-ring (bicyclic) bond motifs is 1. The maximum Gasteiger partial charge on any atom is 0.308 e. The topological polar surface area (TPSA) is 98.2 Å². The Balaban J connectivity index is 1.82. The number of aryl methyl sites for hydroxylation is 2. The quantitative estimate of drug-likeness (QED) is 0.411. The van der Waals surface area contributed by atoms with Gasteiger partial charge in [-0.15, -0.1) is 18.3 Å². The molecule has 0 aromatic heterocycles. The molecule has 3 aliphatic rings. The molecule has 0 aliphatic carbocycles. The van der Waals surface area contributed by atoms with E-state index in [-0.39, 0.29) is 18.4 Å². The lowest BCUT2D eigenvalue weighted by atomic mass is 9.66. The third kappa shape index (κ3) is 3.57. The van der Waals surface area contributed by atoms with Crippen molar-refractivity contribution in [3.8, 4) is 0 Å². The molecule has 2 unspecified atom stereocenters. The van der Waals surface area contributed by atoms with Crippen LogP contribution in [0.15, 0.2) is 30.9 Å². The average molecular weight is 487 g/mol. The van der Waals surface area contributed by atoms with Gasteiger partial charge in [-0.05, 0) is 57.6 Å². The van der Waals surface area contributed by atoms with Crippen LogP contribution in [0, 0.1) is 25.7 Å². The van der Waals surface area contributed by atoms with Gasteiger partial charge in [-0.2, -0.15) is 0 Å². The molecule has 1 aromatic carbocycles. The molecule has 2 N–H and O–H groups in total.